The van der Waals surface area contributed by atoms with Crippen LogP contribution in [-0.2, 0) is 0 Å². The largest absolute Gasteiger partial charge is 0.243 e. The van der Waals surface area contributed by atoms with Crippen molar-refractivity contribution in [3.63, 3.8) is 0 Å². The molecule has 0 spiro atoms. The van der Waals surface area contributed by atoms with E-state index in [1.165, 1.54) is 0 Å². The predicted molar refractivity (Wildman–Crippen MR) is 60.1 cm³/mol. The van der Waals surface area contributed by atoms with Crippen LogP contribution in [0.2, 0.25) is 0 Å². The maximum atomic E-state index is 8.85. The van der Waals surface area contributed by atoms with Gasteiger partial charge in [-0.1, -0.05) is 19.3 Å². The van der Waals surface area contributed by atoms with Gasteiger partial charge in [0.1, 0.15) is 11.8 Å². The van der Waals surface area contributed by atoms with Crippen molar-refractivity contribution in [1.29, 1.82) is 5.26 Å². The molecule has 1 aromatic rings. The second-order valence-corrected chi connectivity index (χ2v) is 3.37. The van der Waals surface area contributed by atoms with Crippen molar-refractivity contribution in [2.45, 2.75) is 33.1 Å². The Hall–Kier alpha value is -1.80. The minimum atomic E-state index is 0.560. The first-order valence-corrected chi connectivity index (χ1v) is 5.14. The van der Waals surface area contributed by atoms with Crippen LogP contribution in [0.25, 0.3) is 0 Å². The molecule has 0 aliphatic carbocycles. The van der Waals surface area contributed by atoms with E-state index in [1.807, 2.05) is 13.0 Å². The molecule has 0 radical (unpaired) electrons. The predicted octanol–water partition coefficient (Wildman–Crippen LogP) is 2.80. The summed E-state index contributed by atoms with van der Waals surface area (Å²) in [6.45, 7) is 4.03. The van der Waals surface area contributed by atoms with Crippen LogP contribution in [0.15, 0.2) is 12.1 Å². The van der Waals surface area contributed by atoms with Gasteiger partial charge in [0.05, 0.1) is 5.56 Å². The van der Waals surface area contributed by atoms with Gasteiger partial charge in [-0.3, -0.25) is 0 Å². The van der Waals surface area contributed by atoms with E-state index in [1.54, 1.807) is 6.07 Å². The number of nitrogens with zero attached hydrogens (tertiary/aromatic N) is 2. The van der Waals surface area contributed by atoms with Crippen molar-refractivity contribution in [3.8, 4) is 17.9 Å². The maximum absolute atomic E-state index is 8.85. The van der Waals surface area contributed by atoms with E-state index in [9.17, 15) is 0 Å². The number of aryl methyl sites for hydroxylation is 1. The molecule has 0 aromatic carbocycles. The molecule has 0 atom stereocenters. The molecule has 2 heteroatoms. The van der Waals surface area contributed by atoms with E-state index < -0.39 is 0 Å². The fourth-order valence-electron chi connectivity index (χ4n) is 1.15. The second-order valence-electron chi connectivity index (χ2n) is 3.37. The summed E-state index contributed by atoms with van der Waals surface area (Å²) in [5, 5.41) is 8.85. The van der Waals surface area contributed by atoms with Crippen LogP contribution >= 0.6 is 0 Å². The summed E-state index contributed by atoms with van der Waals surface area (Å²) >= 11 is 0. The van der Waals surface area contributed by atoms with E-state index in [2.05, 4.69) is 29.8 Å². The summed E-state index contributed by atoms with van der Waals surface area (Å²) in [7, 11) is 0. The fourth-order valence-corrected chi connectivity index (χ4v) is 1.15. The highest BCUT2D eigenvalue weighted by Crippen LogP contribution is 2.05. The topological polar surface area (TPSA) is 36.7 Å². The van der Waals surface area contributed by atoms with Gasteiger partial charge in [0, 0.05) is 12.1 Å². The van der Waals surface area contributed by atoms with E-state index in [-0.39, 0.29) is 0 Å². The van der Waals surface area contributed by atoms with Crippen LogP contribution in [0.1, 0.15) is 43.1 Å². The molecule has 0 N–H and O–H groups in total. The molecule has 1 aromatic heterocycles. The summed E-state index contributed by atoms with van der Waals surface area (Å²) < 4.78 is 0. The third kappa shape index (κ3) is 3.44. The Bertz CT molecular complexity index is 430. The van der Waals surface area contributed by atoms with Crippen molar-refractivity contribution in [3.05, 3.63) is 29.1 Å². The summed E-state index contributed by atoms with van der Waals surface area (Å²) in [5.74, 6) is 6.00. The molecule has 1 rings (SSSR count). The number of unbranched alkanes of at least 4 members (excludes halogenated alkanes) is 2. The van der Waals surface area contributed by atoms with Crippen molar-refractivity contribution in [2.75, 3.05) is 0 Å². The van der Waals surface area contributed by atoms with E-state index in [0.717, 1.165) is 25.0 Å². The molecular formula is C13H14N2. The van der Waals surface area contributed by atoms with Gasteiger partial charge in [-0.2, -0.15) is 5.26 Å². The molecule has 0 bridgehead atoms. The molecule has 76 valence electrons. The van der Waals surface area contributed by atoms with Crippen LogP contribution in [0.4, 0.5) is 0 Å². The highest BCUT2D eigenvalue weighted by Gasteiger charge is 1.99. The zero-order chi connectivity index (χ0) is 11.1. The number of hydrogen-bond donors (Lipinski definition) is 0. The third-order valence-corrected chi connectivity index (χ3v) is 2.02. The summed E-state index contributed by atoms with van der Waals surface area (Å²) in [6, 6.07) is 5.70. The van der Waals surface area contributed by atoms with Gasteiger partial charge in [-0.25, -0.2) is 4.98 Å². The fraction of sp³-hybridized carbons (Fsp3) is 0.385. The second kappa shape index (κ2) is 5.83. The van der Waals surface area contributed by atoms with Crippen LogP contribution in [0.5, 0.6) is 0 Å². The van der Waals surface area contributed by atoms with Gasteiger partial charge < -0.3 is 0 Å². The molecule has 1 heterocycles. The van der Waals surface area contributed by atoms with Crippen molar-refractivity contribution >= 4 is 0 Å². The van der Waals surface area contributed by atoms with Crippen LogP contribution in [0.3, 0.4) is 0 Å². The molecule has 15 heavy (non-hydrogen) atoms. The zero-order valence-corrected chi connectivity index (χ0v) is 9.17. The standard InChI is InChI=1S/C13H14N2/c1-3-4-5-6-7-13-12(10-14)9-8-11(2)15-13/h8-9H,3-5H2,1-2H3. The number of rotatable bonds is 2. The molecule has 0 saturated heterocycles. The van der Waals surface area contributed by atoms with Crippen LogP contribution < -0.4 is 0 Å². The first kappa shape index (κ1) is 11.3. The first-order valence-electron chi connectivity index (χ1n) is 5.14. The lowest BCUT2D eigenvalue weighted by molar-refractivity contribution is 0.828. The Morgan fingerprint density at radius 3 is 2.87 bits per heavy atom. The lowest BCUT2D eigenvalue weighted by atomic mass is 10.2. The Morgan fingerprint density at radius 1 is 1.40 bits per heavy atom. The molecule has 0 saturated carbocycles. The van der Waals surface area contributed by atoms with Gasteiger partial charge >= 0.3 is 0 Å². The highest BCUT2D eigenvalue weighted by atomic mass is 14.7. The molecule has 0 fully saturated rings. The van der Waals surface area contributed by atoms with E-state index >= 15 is 0 Å². The smallest absolute Gasteiger partial charge is 0.131 e. The van der Waals surface area contributed by atoms with Gasteiger partial charge in [0.2, 0.25) is 0 Å². The third-order valence-electron chi connectivity index (χ3n) is 2.02. The minimum Gasteiger partial charge on any atom is -0.243 e. The van der Waals surface area contributed by atoms with Gasteiger partial charge in [-0.05, 0) is 31.4 Å². The van der Waals surface area contributed by atoms with Crippen LogP contribution in [-0.4, -0.2) is 4.98 Å². The molecule has 0 aliphatic rings. The minimum absolute atomic E-state index is 0.560. The molecular weight excluding hydrogens is 184 g/mol. The van der Waals surface area contributed by atoms with Crippen molar-refractivity contribution < 1.29 is 0 Å². The quantitative estimate of drug-likeness (QED) is 0.541. The monoisotopic (exact) mass is 198 g/mol. The van der Waals surface area contributed by atoms with Crippen molar-refractivity contribution in [2.24, 2.45) is 0 Å². The number of aromatic nitrogens is 1. The van der Waals surface area contributed by atoms with Gasteiger partial charge in [0.25, 0.3) is 0 Å². The molecule has 0 amide bonds. The molecule has 0 unspecified atom stereocenters. The SMILES string of the molecule is CCCCC#Cc1nc(C)ccc1C#N. The number of nitriles is 1. The average molecular weight is 198 g/mol. The van der Waals surface area contributed by atoms with Gasteiger partial charge in [-0.15, -0.1) is 0 Å². The summed E-state index contributed by atoms with van der Waals surface area (Å²) in [6.07, 6.45) is 3.11. The lowest BCUT2D eigenvalue weighted by Gasteiger charge is -1.95. The average Bonchev–Trinajstić information content (AvgIpc) is 2.25. The van der Waals surface area contributed by atoms with Crippen molar-refractivity contribution in [1.82, 2.24) is 4.98 Å². The first-order chi connectivity index (χ1) is 7.27. The van der Waals surface area contributed by atoms with Crippen LogP contribution in [0, 0.1) is 30.1 Å². The molecule has 0 aliphatic heterocycles. The van der Waals surface area contributed by atoms with E-state index in [4.69, 9.17) is 5.26 Å². The summed E-state index contributed by atoms with van der Waals surface area (Å²) in [5.41, 5.74) is 2.06. The Kier molecular flexibility index (Phi) is 4.38. The highest BCUT2D eigenvalue weighted by molar-refractivity contribution is 5.43. The maximum Gasteiger partial charge on any atom is 0.131 e. The Balaban J connectivity index is 2.87. The van der Waals surface area contributed by atoms with E-state index in [0.29, 0.717) is 11.3 Å². The lowest BCUT2D eigenvalue weighted by Crippen LogP contribution is -1.91. The Morgan fingerprint density at radius 2 is 2.20 bits per heavy atom. The Labute approximate surface area is 91.0 Å². The zero-order valence-electron chi connectivity index (χ0n) is 9.17. The normalized spacial score (nSPS) is 8.87. The van der Waals surface area contributed by atoms with Gasteiger partial charge in [0.15, 0.2) is 0 Å². The molecule has 2 nitrogen and oxygen atoms in total. The number of pyridine rings is 1. The summed E-state index contributed by atoms with van der Waals surface area (Å²) in [4.78, 5) is 4.25. The number of hydrogen-bond acceptors (Lipinski definition) is 2.